The minimum atomic E-state index is 0.873. The number of nitrogens with zero attached hydrogens (tertiary/aromatic N) is 3. The van der Waals surface area contributed by atoms with Crippen LogP contribution in [0.4, 0.5) is 0 Å². The average Bonchev–Trinajstić information content (AvgIpc) is 2.88. The molecule has 3 rings (SSSR count). The maximum Gasteiger partial charge on any atom is 0.196 e. The Morgan fingerprint density at radius 2 is 1.71 bits per heavy atom. The molecular formula is C16H14BrN3S. The van der Waals surface area contributed by atoms with Crippen LogP contribution >= 0.6 is 27.7 Å². The van der Waals surface area contributed by atoms with E-state index in [1.165, 1.54) is 5.56 Å². The van der Waals surface area contributed by atoms with Crippen molar-refractivity contribution in [2.45, 2.75) is 17.8 Å². The lowest BCUT2D eigenvalue weighted by atomic mass is 10.2. The van der Waals surface area contributed by atoms with Gasteiger partial charge in [0.15, 0.2) is 5.16 Å². The van der Waals surface area contributed by atoms with Crippen molar-refractivity contribution in [2.75, 3.05) is 0 Å². The van der Waals surface area contributed by atoms with E-state index >= 15 is 0 Å². The largest absolute Gasteiger partial charge is 0.274 e. The summed E-state index contributed by atoms with van der Waals surface area (Å²) in [6.07, 6.45) is 0. The number of para-hydroxylation sites is 1. The van der Waals surface area contributed by atoms with Crippen molar-refractivity contribution in [3.05, 3.63) is 70.5 Å². The third-order valence-electron chi connectivity index (χ3n) is 3.09. The highest BCUT2D eigenvalue weighted by Gasteiger charge is 2.11. The first-order chi connectivity index (χ1) is 10.2. The standard InChI is InChI=1S/C16H14BrN3S/c1-12-18-19-16(20(12)15-5-3-2-4-6-15)21-11-13-7-9-14(17)10-8-13/h2-10H,11H2,1H3. The van der Waals surface area contributed by atoms with Crippen LogP contribution in [0.1, 0.15) is 11.4 Å². The second kappa shape index (κ2) is 6.45. The van der Waals surface area contributed by atoms with Crippen molar-refractivity contribution in [3.8, 4) is 5.69 Å². The Labute approximate surface area is 136 Å². The van der Waals surface area contributed by atoms with E-state index in [1.54, 1.807) is 11.8 Å². The number of thioether (sulfide) groups is 1. The number of benzene rings is 2. The third-order valence-corrected chi connectivity index (χ3v) is 4.62. The van der Waals surface area contributed by atoms with E-state index in [2.05, 4.69) is 67.1 Å². The molecule has 3 nitrogen and oxygen atoms in total. The molecule has 21 heavy (non-hydrogen) atoms. The quantitative estimate of drug-likeness (QED) is 0.636. The predicted octanol–water partition coefficient (Wildman–Crippen LogP) is 4.63. The Morgan fingerprint density at radius 1 is 1.00 bits per heavy atom. The first-order valence-electron chi connectivity index (χ1n) is 6.59. The molecule has 0 bridgehead atoms. The first-order valence-corrected chi connectivity index (χ1v) is 8.36. The van der Waals surface area contributed by atoms with Crippen LogP contribution in [-0.4, -0.2) is 14.8 Å². The van der Waals surface area contributed by atoms with Crippen LogP contribution in [0.5, 0.6) is 0 Å². The summed E-state index contributed by atoms with van der Waals surface area (Å²) in [7, 11) is 0. The Balaban J connectivity index is 1.82. The maximum atomic E-state index is 4.29. The molecule has 0 spiro atoms. The van der Waals surface area contributed by atoms with Crippen LogP contribution in [-0.2, 0) is 5.75 Å². The van der Waals surface area contributed by atoms with Crippen LogP contribution in [0.25, 0.3) is 5.69 Å². The maximum absolute atomic E-state index is 4.29. The van der Waals surface area contributed by atoms with E-state index in [0.29, 0.717) is 0 Å². The molecule has 0 radical (unpaired) electrons. The van der Waals surface area contributed by atoms with Gasteiger partial charge in [0, 0.05) is 15.9 Å². The lowest BCUT2D eigenvalue weighted by Gasteiger charge is -2.08. The number of hydrogen-bond donors (Lipinski definition) is 0. The normalized spacial score (nSPS) is 10.8. The summed E-state index contributed by atoms with van der Waals surface area (Å²) in [4.78, 5) is 0. The third kappa shape index (κ3) is 3.36. The zero-order valence-corrected chi connectivity index (χ0v) is 13.9. The van der Waals surface area contributed by atoms with Gasteiger partial charge < -0.3 is 0 Å². The van der Waals surface area contributed by atoms with E-state index in [9.17, 15) is 0 Å². The molecule has 3 aromatic rings. The smallest absolute Gasteiger partial charge is 0.196 e. The van der Waals surface area contributed by atoms with Gasteiger partial charge in [-0.1, -0.05) is 58.0 Å². The molecule has 0 saturated heterocycles. The number of halogens is 1. The van der Waals surface area contributed by atoms with Gasteiger partial charge in [0.25, 0.3) is 0 Å². The molecule has 2 aromatic carbocycles. The Hall–Kier alpha value is -1.59. The van der Waals surface area contributed by atoms with E-state index < -0.39 is 0 Å². The van der Waals surface area contributed by atoms with E-state index in [0.717, 1.165) is 26.9 Å². The van der Waals surface area contributed by atoms with Gasteiger partial charge in [0.2, 0.25) is 0 Å². The van der Waals surface area contributed by atoms with Gasteiger partial charge in [-0.05, 0) is 36.8 Å². The molecule has 1 aromatic heterocycles. The minimum absolute atomic E-state index is 0.873. The van der Waals surface area contributed by atoms with Crippen LogP contribution in [0.15, 0.2) is 64.2 Å². The summed E-state index contributed by atoms with van der Waals surface area (Å²) < 4.78 is 3.18. The van der Waals surface area contributed by atoms with Crippen molar-refractivity contribution in [1.29, 1.82) is 0 Å². The second-order valence-corrected chi connectivity index (χ2v) is 6.47. The van der Waals surface area contributed by atoms with Crippen LogP contribution < -0.4 is 0 Å². The number of rotatable bonds is 4. The summed E-state index contributed by atoms with van der Waals surface area (Å²) in [6.45, 7) is 1.98. The zero-order valence-electron chi connectivity index (χ0n) is 11.5. The van der Waals surface area contributed by atoms with E-state index in [-0.39, 0.29) is 0 Å². The van der Waals surface area contributed by atoms with Gasteiger partial charge in [0.1, 0.15) is 5.82 Å². The van der Waals surface area contributed by atoms with Crippen LogP contribution in [0.2, 0.25) is 0 Å². The SMILES string of the molecule is Cc1nnc(SCc2ccc(Br)cc2)n1-c1ccccc1. The van der Waals surface area contributed by atoms with Crippen molar-refractivity contribution < 1.29 is 0 Å². The number of hydrogen-bond acceptors (Lipinski definition) is 3. The highest BCUT2D eigenvalue weighted by molar-refractivity contribution is 9.10. The Kier molecular flexibility index (Phi) is 4.41. The lowest BCUT2D eigenvalue weighted by Crippen LogP contribution is -1.98. The van der Waals surface area contributed by atoms with Crippen molar-refractivity contribution >= 4 is 27.7 Å². The summed E-state index contributed by atoms with van der Waals surface area (Å²) >= 11 is 5.15. The molecule has 1 heterocycles. The first kappa shape index (κ1) is 14.4. The highest BCUT2D eigenvalue weighted by atomic mass is 79.9. The molecule has 5 heteroatoms. The molecule has 0 fully saturated rings. The zero-order chi connectivity index (χ0) is 14.7. The van der Waals surface area contributed by atoms with E-state index in [4.69, 9.17) is 0 Å². The highest BCUT2D eigenvalue weighted by Crippen LogP contribution is 2.25. The van der Waals surface area contributed by atoms with Crippen LogP contribution in [0, 0.1) is 6.92 Å². The average molecular weight is 360 g/mol. The molecule has 0 unspecified atom stereocenters. The fourth-order valence-electron chi connectivity index (χ4n) is 2.04. The topological polar surface area (TPSA) is 30.7 Å². The number of aromatic nitrogens is 3. The molecule has 0 atom stereocenters. The van der Waals surface area contributed by atoms with Crippen molar-refractivity contribution in [2.24, 2.45) is 0 Å². The van der Waals surface area contributed by atoms with Crippen molar-refractivity contribution in [3.63, 3.8) is 0 Å². The molecule has 0 aliphatic rings. The van der Waals surface area contributed by atoms with Gasteiger partial charge >= 0.3 is 0 Å². The summed E-state index contributed by atoms with van der Waals surface area (Å²) in [6, 6.07) is 18.6. The minimum Gasteiger partial charge on any atom is -0.274 e. The predicted molar refractivity (Wildman–Crippen MR) is 89.8 cm³/mol. The number of aryl methyl sites for hydroxylation is 1. The van der Waals surface area contributed by atoms with E-state index in [1.807, 2.05) is 25.1 Å². The van der Waals surface area contributed by atoms with Gasteiger partial charge in [-0.25, -0.2) is 0 Å². The second-order valence-electron chi connectivity index (χ2n) is 4.62. The van der Waals surface area contributed by atoms with Gasteiger partial charge in [-0.15, -0.1) is 10.2 Å². The van der Waals surface area contributed by atoms with Crippen molar-refractivity contribution in [1.82, 2.24) is 14.8 Å². The molecule has 0 amide bonds. The van der Waals surface area contributed by atoms with Gasteiger partial charge in [-0.2, -0.15) is 0 Å². The molecule has 0 aliphatic carbocycles. The Bertz CT molecular complexity index is 723. The monoisotopic (exact) mass is 359 g/mol. The van der Waals surface area contributed by atoms with Gasteiger partial charge in [-0.3, -0.25) is 4.57 Å². The molecule has 106 valence electrons. The fraction of sp³-hybridized carbons (Fsp3) is 0.125. The molecule has 0 N–H and O–H groups in total. The fourth-order valence-corrected chi connectivity index (χ4v) is 3.26. The summed E-state index contributed by atoms with van der Waals surface area (Å²) in [5.41, 5.74) is 2.36. The summed E-state index contributed by atoms with van der Waals surface area (Å²) in [5, 5.41) is 9.41. The summed E-state index contributed by atoms with van der Waals surface area (Å²) in [5.74, 6) is 1.78. The van der Waals surface area contributed by atoms with Crippen LogP contribution in [0.3, 0.4) is 0 Å². The molecular weight excluding hydrogens is 346 g/mol. The van der Waals surface area contributed by atoms with Gasteiger partial charge in [0.05, 0.1) is 0 Å². The Morgan fingerprint density at radius 3 is 2.43 bits per heavy atom. The molecule has 0 saturated carbocycles. The molecule has 0 aliphatic heterocycles. The lowest BCUT2D eigenvalue weighted by molar-refractivity contribution is 0.868.